The highest BCUT2D eigenvalue weighted by molar-refractivity contribution is 7.99. The second-order valence-corrected chi connectivity index (χ2v) is 7.26. The summed E-state index contributed by atoms with van der Waals surface area (Å²) in [5.74, 6) is 4.59. The number of thioether (sulfide) groups is 2. The average molecular weight is 321 g/mol. The number of aryl methyl sites for hydroxylation is 1. The first kappa shape index (κ1) is 14.9. The van der Waals surface area contributed by atoms with E-state index < -0.39 is 0 Å². The molecule has 1 unspecified atom stereocenters. The molecule has 1 fully saturated rings. The van der Waals surface area contributed by atoms with Crippen LogP contribution in [0.5, 0.6) is 0 Å². The highest BCUT2D eigenvalue weighted by atomic mass is 32.2. The zero-order chi connectivity index (χ0) is 14.5. The van der Waals surface area contributed by atoms with E-state index in [9.17, 15) is 0 Å². The van der Waals surface area contributed by atoms with E-state index in [2.05, 4.69) is 46.6 Å². The SMILES string of the molecule is Cc1ccccc1SCc1noc(CC2CSCCN2)n1. The van der Waals surface area contributed by atoms with Crippen LogP contribution in [0.4, 0.5) is 0 Å². The van der Waals surface area contributed by atoms with Crippen molar-refractivity contribution in [2.24, 2.45) is 0 Å². The monoisotopic (exact) mass is 321 g/mol. The molecule has 21 heavy (non-hydrogen) atoms. The number of rotatable bonds is 5. The first-order valence-electron chi connectivity index (χ1n) is 7.12. The number of hydrogen-bond acceptors (Lipinski definition) is 6. The maximum atomic E-state index is 5.36. The third-order valence-corrected chi connectivity index (χ3v) is 5.68. The van der Waals surface area contributed by atoms with E-state index in [1.54, 1.807) is 11.8 Å². The number of hydrogen-bond donors (Lipinski definition) is 1. The van der Waals surface area contributed by atoms with Gasteiger partial charge in [-0.3, -0.25) is 0 Å². The molecule has 2 aromatic rings. The van der Waals surface area contributed by atoms with Gasteiger partial charge in [0.2, 0.25) is 5.89 Å². The van der Waals surface area contributed by atoms with Gasteiger partial charge in [0.1, 0.15) is 0 Å². The van der Waals surface area contributed by atoms with E-state index in [4.69, 9.17) is 4.52 Å². The van der Waals surface area contributed by atoms with Crippen LogP contribution >= 0.6 is 23.5 Å². The fourth-order valence-electron chi connectivity index (χ4n) is 2.25. The van der Waals surface area contributed by atoms with Crippen molar-refractivity contribution in [2.45, 2.75) is 30.0 Å². The molecule has 3 rings (SSSR count). The molecule has 0 aliphatic carbocycles. The van der Waals surface area contributed by atoms with Gasteiger partial charge in [-0.05, 0) is 18.6 Å². The quantitative estimate of drug-likeness (QED) is 0.855. The summed E-state index contributed by atoms with van der Waals surface area (Å²) < 4.78 is 5.36. The van der Waals surface area contributed by atoms with E-state index in [1.807, 2.05) is 11.8 Å². The van der Waals surface area contributed by atoms with Crippen molar-refractivity contribution >= 4 is 23.5 Å². The van der Waals surface area contributed by atoms with E-state index in [0.717, 1.165) is 36.2 Å². The molecule has 1 aliphatic heterocycles. The molecule has 4 nitrogen and oxygen atoms in total. The Morgan fingerprint density at radius 3 is 3.14 bits per heavy atom. The van der Waals surface area contributed by atoms with Crippen LogP contribution in [0.1, 0.15) is 17.3 Å². The summed E-state index contributed by atoms with van der Waals surface area (Å²) in [6.45, 7) is 3.19. The van der Waals surface area contributed by atoms with Crippen LogP contribution in [0.25, 0.3) is 0 Å². The first-order chi connectivity index (χ1) is 10.3. The van der Waals surface area contributed by atoms with Crippen molar-refractivity contribution in [3.05, 3.63) is 41.5 Å². The molecule has 1 N–H and O–H groups in total. The Morgan fingerprint density at radius 1 is 1.43 bits per heavy atom. The van der Waals surface area contributed by atoms with Crippen LogP contribution in [0.15, 0.2) is 33.7 Å². The van der Waals surface area contributed by atoms with Crippen LogP contribution < -0.4 is 5.32 Å². The van der Waals surface area contributed by atoms with Gasteiger partial charge in [0.25, 0.3) is 0 Å². The van der Waals surface area contributed by atoms with Crippen LogP contribution in [0, 0.1) is 6.92 Å². The minimum atomic E-state index is 0.459. The predicted octanol–water partition coefficient (Wildman–Crippen LogP) is 2.92. The predicted molar refractivity (Wildman–Crippen MR) is 87.9 cm³/mol. The second-order valence-electron chi connectivity index (χ2n) is 5.09. The lowest BCUT2D eigenvalue weighted by molar-refractivity contribution is 0.359. The maximum Gasteiger partial charge on any atom is 0.228 e. The third-order valence-electron chi connectivity index (χ3n) is 3.38. The van der Waals surface area contributed by atoms with E-state index >= 15 is 0 Å². The molecule has 1 saturated heterocycles. The molecule has 1 atom stereocenters. The molecule has 0 bridgehead atoms. The highest BCUT2D eigenvalue weighted by Gasteiger charge is 2.17. The van der Waals surface area contributed by atoms with E-state index in [0.29, 0.717) is 6.04 Å². The van der Waals surface area contributed by atoms with Crippen LogP contribution in [0.3, 0.4) is 0 Å². The summed E-state index contributed by atoms with van der Waals surface area (Å²) in [5.41, 5.74) is 1.29. The number of aromatic nitrogens is 2. The Labute approximate surface area is 133 Å². The second kappa shape index (κ2) is 7.33. The minimum Gasteiger partial charge on any atom is -0.339 e. The molecule has 0 saturated carbocycles. The maximum absolute atomic E-state index is 5.36. The van der Waals surface area contributed by atoms with Gasteiger partial charge in [-0.2, -0.15) is 16.7 Å². The average Bonchev–Trinajstić information content (AvgIpc) is 2.95. The van der Waals surface area contributed by atoms with Gasteiger partial charge in [0, 0.05) is 35.4 Å². The summed E-state index contributed by atoms with van der Waals surface area (Å²) in [6.07, 6.45) is 0.828. The molecule has 112 valence electrons. The van der Waals surface area contributed by atoms with Gasteiger partial charge in [-0.1, -0.05) is 23.4 Å². The molecule has 1 aromatic heterocycles. The standard InChI is InChI=1S/C15H19N3OS2/c1-11-4-2-3-5-13(11)21-10-14-17-15(19-18-14)8-12-9-20-7-6-16-12/h2-5,12,16H,6-10H2,1H3. The summed E-state index contributed by atoms with van der Waals surface area (Å²) in [5, 5.41) is 7.57. The number of nitrogens with one attached hydrogen (secondary N) is 1. The van der Waals surface area contributed by atoms with Crippen molar-refractivity contribution in [3.63, 3.8) is 0 Å². The fourth-order valence-corrected chi connectivity index (χ4v) is 4.08. The van der Waals surface area contributed by atoms with Crippen LogP contribution in [-0.4, -0.2) is 34.2 Å². The molecular weight excluding hydrogens is 302 g/mol. The zero-order valence-electron chi connectivity index (χ0n) is 12.0. The Bertz CT molecular complexity index is 582. The normalized spacial score (nSPS) is 18.8. The highest BCUT2D eigenvalue weighted by Crippen LogP contribution is 2.24. The van der Waals surface area contributed by atoms with Gasteiger partial charge < -0.3 is 9.84 Å². The molecule has 1 aromatic carbocycles. The topological polar surface area (TPSA) is 51.0 Å². The lowest BCUT2D eigenvalue weighted by Gasteiger charge is -2.21. The first-order valence-corrected chi connectivity index (χ1v) is 9.26. The Hall–Kier alpha value is -0.980. The van der Waals surface area contributed by atoms with Crippen LogP contribution in [-0.2, 0) is 12.2 Å². The molecule has 1 aliphatic rings. The fraction of sp³-hybridized carbons (Fsp3) is 0.467. The van der Waals surface area contributed by atoms with E-state index in [1.165, 1.54) is 16.2 Å². The summed E-state index contributed by atoms with van der Waals surface area (Å²) >= 11 is 3.74. The summed E-state index contributed by atoms with van der Waals surface area (Å²) in [6, 6.07) is 8.83. The molecule has 0 amide bonds. The van der Waals surface area contributed by atoms with Gasteiger partial charge in [-0.25, -0.2) is 0 Å². The molecule has 0 radical (unpaired) electrons. The lowest BCUT2D eigenvalue weighted by Crippen LogP contribution is -2.38. The Morgan fingerprint density at radius 2 is 2.33 bits per heavy atom. The molecule has 2 heterocycles. The van der Waals surface area contributed by atoms with Gasteiger partial charge in [-0.15, -0.1) is 11.8 Å². The van der Waals surface area contributed by atoms with E-state index in [-0.39, 0.29) is 0 Å². The van der Waals surface area contributed by atoms with Crippen molar-refractivity contribution < 1.29 is 4.52 Å². The van der Waals surface area contributed by atoms with Gasteiger partial charge in [0.05, 0.1) is 5.75 Å². The summed E-state index contributed by atoms with van der Waals surface area (Å²) in [4.78, 5) is 5.77. The number of benzene rings is 1. The van der Waals surface area contributed by atoms with Crippen LogP contribution in [0.2, 0.25) is 0 Å². The number of nitrogens with zero attached hydrogens (tertiary/aromatic N) is 2. The Kier molecular flexibility index (Phi) is 5.22. The van der Waals surface area contributed by atoms with Crippen molar-refractivity contribution in [2.75, 3.05) is 18.1 Å². The van der Waals surface area contributed by atoms with Crippen molar-refractivity contribution in [1.82, 2.24) is 15.5 Å². The van der Waals surface area contributed by atoms with Crippen molar-refractivity contribution in [1.29, 1.82) is 0 Å². The minimum absolute atomic E-state index is 0.459. The summed E-state index contributed by atoms with van der Waals surface area (Å²) in [7, 11) is 0. The van der Waals surface area contributed by atoms with Gasteiger partial charge >= 0.3 is 0 Å². The lowest BCUT2D eigenvalue weighted by atomic mass is 10.2. The molecule has 6 heteroatoms. The zero-order valence-corrected chi connectivity index (χ0v) is 13.7. The smallest absolute Gasteiger partial charge is 0.228 e. The molecule has 0 spiro atoms. The largest absolute Gasteiger partial charge is 0.339 e. The van der Waals surface area contributed by atoms with Gasteiger partial charge in [0.15, 0.2) is 5.82 Å². The van der Waals surface area contributed by atoms with Crippen molar-refractivity contribution in [3.8, 4) is 0 Å². The molecular formula is C15H19N3OS2. The third kappa shape index (κ3) is 4.25. The Balaban J connectivity index is 1.54.